The number of sulfonamides is 1. The average molecular weight is 285 g/mol. The number of hydrogen-bond donors (Lipinski definition) is 1. The van der Waals surface area contributed by atoms with Crippen LogP contribution in [0.5, 0.6) is 0 Å². The third-order valence-corrected chi connectivity index (χ3v) is 5.09. The molecular formula is C12H19N3O3S. The number of pyridine rings is 1. The lowest BCUT2D eigenvalue weighted by Crippen LogP contribution is -2.37. The van der Waals surface area contributed by atoms with E-state index in [1.807, 2.05) is 0 Å². The van der Waals surface area contributed by atoms with Crippen molar-refractivity contribution in [3.8, 4) is 0 Å². The van der Waals surface area contributed by atoms with Gasteiger partial charge in [-0.3, -0.25) is 0 Å². The van der Waals surface area contributed by atoms with E-state index >= 15 is 0 Å². The van der Waals surface area contributed by atoms with Crippen LogP contribution in [0.15, 0.2) is 23.4 Å². The van der Waals surface area contributed by atoms with Crippen LogP contribution in [-0.4, -0.2) is 43.5 Å². The molecule has 1 aromatic heterocycles. The first-order valence-corrected chi connectivity index (χ1v) is 7.82. The lowest BCUT2D eigenvalue weighted by molar-refractivity contribution is 0.0946. The Kier molecular flexibility index (Phi) is 4.38. The van der Waals surface area contributed by atoms with Gasteiger partial charge in [0.2, 0.25) is 0 Å². The van der Waals surface area contributed by atoms with Crippen LogP contribution in [0.3, 0.4) is 0 Å². The second kappa shape index (κ2) is 5.85. The summed E-state index contributed by atoms with van der Waals surface area (Å²) in [5.74, 6) is 0. The molecule has 0 amide bonds. The van der Waals surface area contributed by atoms with Crippen molar-refractivity contribution in [3.63, 3.8) is 0 Å². The van der Waals surface area contributed by atoms with Gasteiger partial charge in [0.25, 0.3) is 10.0 Å². The Morgan fingerprint density at radius 3 is 2.95 bits per heavy atom. The summed E-state index contributed by atoms with van der Waals surface area (Å²) < 4.78 is 31.9. The Morgan fingerprint density at radius 2 is 2.37 bits per heavy atom. The number of nitrogen functional groups attached to an aromatic ring is 1. The number of ether oxygens (including phenoxy) is 1. The van der Waals surface area contributed by atoms with Crippen LogP contribution in [0, 0.1) is 0 Å². The van der Waals surface area contributed by atoms with Gasteiger partial charge in [-0.1, -0.05) is 6.92 Å². The van der Waals surface area contributed by atoms with E-state index in [4.69, 9.17) is 10.5 Å². The van der Waals surface area contributed by atoms with E-state index in [9.17, 15) is 8.42 Å². The fraction of sp³-hybridized carbons (Fsp3) is 0.583. The third-order valence-electron chi connectivity index (χ3n) is 3.17. The van der Waals surface area contributed by atoms with Crippen LogP contribution in [0.2, 0.25) is 0 Å². The average Bonchev–Trinajstić information content (AvgIpc) is 2.89. The molecule has 2 rings (SSSR count). The van der Waals surface area contributed by atoms with Gasteiger partial charge < -0.3 is 10.5 Å². The molecule has 1 aromatic rings. The lowest BCUT2D eigenvalue weighted by atomic mass is 10.2. The molecule has 1 fully saturated rings. The van der Waals surface area contributed by atoms with Gasteiger partial charge in [-0.15, -0.1) is 0 Å². The van der Waals surface area contributed by atoms with Crippen LogP contribution < -0.4 is 5.73 Å². The fourth-order valence-electron chi connectivity index (χ4n) is 2.15. The minimum atomic E-state index is -3.65. The first-order valence-electron chi connectivity index (χ1n) is 6.38. The van der Waals surface area contributed by atoms with Crippen LogP contribution >= 0.6 is 0 Å². The second-order valence-corrected chi connectivity index (χ2v) is 6.34. The van der Waals surface area contributed by atoms with Gasteiger partial charge in [0.1, 0.15) is 0 Å². The molecule has 0 spiro atoms. The van der Waals surface area contributed by atoms with Crippen molar-refractivity contribution in [1.29, 1.82) is 0 Å². The molecule has 2 N–H and O–H groups in total. The van der Waals surface area contributed by atoms with Gasteiger partial charge in [-0.25, -0.2) is 13.4 Å². The van der Waals surface area contributed by atoms with Gasteiger partial charge in [0.05, 0.1) is 11.8 Å². The predicted molar refractivity (Wildman–Crippen MR) is 72.1 cm³/mol. The molecule has 0 aromatic carbocycles. The Labute approximate surface area is 113 Å². The maximum Gasteiger partial charge on any atom is 0.262 e. The summed E-state index contributed by atoms with van der Waals surface area (Å²) in [4.78, 5) is 3.90. The second-order valence-electron chi connectivity index (χ2n) is 4.49. The molecule has 1 aliphatic heterocycles. The van der Waals surface area contributed by atoms with E-state index in [1.54, 1.807) is 19.1 Å². The Bertz CT molecular complexity index is 527. The summed E-state index contributed by atoms with van der Waals surface area (Å²) in [6, 6.07) is 3.16. The highest BCUT2D eigenvalue weighted by atomic mass is 32.2. The van der Waals surface area contributed by atoms with Gasteiger partial charge >= 0.3 is 0 Å². The maximum atomic E-state index is 12.5. The molecular weight excluding hydrogens is 266 g/mol. The zero-order valence-electron chi connectivity index (χ0n) is 10.9. The molecule has 0 aliphatic carbocycles. The first-order chi connectivity index (χ1) is 9.05. The molecule has 1 atom stereocenters. The number of aromatic nitrogens is 1. The quantitative estimate of drug-likeness (QED) is 0.867. The molecule has 1 aliphatic rings. The van der Waals surface area contributed by atoms with Crippen molar-refractivity contribution in [2.75, 3.05) is 25.4 Å². The summed E-state index contributed by atoms with van der Waals surface area (Å²) in [5.41, 5.74) is 5.88. The van der Waals surface area contributed by atoms with Crippen molar-refractivity contribution >= 4 is 15.7 Å². The molecule has 6 nitrogen and oxygen atoms in total. The van der Waals surface area contributed by atoms with Gasteiger partial charge in [-0.2, -0.15) is 4.31 Å². The maximum absolute atomic E-state index is 12.5. The fourth-order valence-corrected chi connectivity index (χ4v) is 3.66. The Hall–Kier alpha value is -1.18. The zero-order valence-corrected chi connectivity index (χ0v) is 11.8. The molecule has 19 heavy (non-hydrogen) atoms. The number of likely N-dealkylation sites (N-methyl/N-ethyl adjacent to an activating group) is 1. The van der Waals surface area contributed by atoms with Crippen LogP contribution in [-0.2, 0) is 14.8 Å². The highest BCUT2D eigenvalue weighted by molar-refractivity contribution is 7.89. The van der Waals surface area contributed by atoms with Crippen molar-refractivity contribution in [1.82, 2.24) is 9.29 Å². The molecule has 106 valence electrons. The number of nitrogens with two attached hydrogens (primary N) is 1. The van der Waals surface area contributed by atoms with Crippen LogP contribution in [0.4, 0.5) is 5.69 Å². The standard InChI is InChI=1S/C12H19N3O3S/c1-2-15(9-10-5-4-8-18-10)19(16,17)12-11(13)6-3-7-14-12/h3,6-7,10H,2,4-5,8-9,13H2,1H3. The lowest BCUT2D eigenvalue weighted by Gasteiger charge is -2.23. The van der Waals surface area contributed by atoms with Crippen molar-refractivity contribution in [2.45, 2.75) is 30.9 Å². The van der Waals surface area contributed by atoms with E-state index in [1.165, 1.54) is 10.5 Å². The van der Waals surface area contributed by atoms with Crippen molar-refractivity contribution < 1.29 is 13.2 Å². The predicted octanol–water partition coefficient (Wildman–Crippen LogP) is 0.853. The topological polar surface area (TPSA) is 85.5 Å². The van der Waals surface area contributed by atoms with E-state index in [-0.39, 0.29) is 16.8 Å². The minimum Gasteiger partial charge on any atom is -0.396 e. The van der Waals surface area contributed by atoms with Crippen LogP contribution in [0.25, 0.3) is 0 Å². The van der Waals surface area contributed by atoms with E-state index in [0.29, 0.717) is 19.7 Å². The Balaban J connectivity index is 2.23. The smallest absolute Gasteiger partial charge is 0.262 e. The van der Waals surface area contributed by atoms with Gasteiger partial charge in [0, 0.05) is 25.9 Å². The molecule has 1 saturated heterocycles. The largest absolute Gasteiger partial charge is 0.396 e. The number of nitrogens with zero attached hydrogens (tertiary/aromatic N) is 2. The van der Waals surface area contributed by atoms with Crippen LogP contribution in [0.1, 0.15) is 19.8 Å². The summed E-state index contributed by atoms with van der Waals surface area (Å²) in [6.07, 6.45) is 3.28. The minimum absolute atomic E-state index is 0.0281. The van der Waals surface area contributed by atoms with Crippen molar-refractivity contribution in [2.24, 2.45) is 0 Å². The number of hydrogen-bond acceptors (Lipinski definition) is 5. The molecule has 0 radical (unpaired) electrons. The van der Waals surface area contributed by atoms with E-state index in [0.717, 1.165) is 12.8 Å². The third kappa shape index (κ3) is 3.05. The molecule has 7 heteroatoms. The number of anilines is 1. The molecule has 1 unspecified atom stereocenters. The SMILES string of the molecule is CCN(CC1CCCO1)S(=O)(=O)c1ncccc1N. The summed E-state index contributed by atoms with van der Waals surface area (Å²) in [6.45, 7) is 3.23. The van der Waals surface area contributed by atoms with Crippen molar-refractivity contribution in [3.05, 3.63) is 18.3 Å². The molecule has 0 bridgehead atoms. The Morgan fingerprint density at radius 1 is 1.58 bits per heavy atom. The van der Waals surface area contributed by atoms with E-state index < -0.39 is 10.0 Å². The highest BCUT2D eigenvalue weighted by Gasteiger charge is 2.30. The summed E-state index contributed by atoms with van der Waals surface area (Å²) in [7, 11) is -3.65. The van der Waals surface area contributed by atoms with Gasteiger partial charge in [0.15, 0.2) is 5.03 Å². The van der Waals surface area contributed by atoms with E-state index in [2.05, 4.69) is 4.98 Å². The summed E-state index contributed by atoms with van der Waals surface area (Å²) in [5, 5.41) is -0.0742. The molecule has 0 saturated carbocycles. The summed E-state index contributed by atoms with van der Waals surface area (Å²) >= 11 is 0. The monoisotopic (exact) mass is 285 g/mol. The molecule has 2 heterocycles. The van der Waals surface area contributed by atoms with Gasteiger partial charge in [-0.05, 0) is 25.0 Å². The zero-order chi connectivity index (χ0) is 13.9. The normalized spacial score (nSPS) is 20.0. The first kappa shape index (κ1) is 14.2. The number of rotatable bonds is 5. The highest BCUT2D eigenvalue weighted by Crippen LogP contribution is 2.21.